The van der Waals surface area contributed by atoms with Gasteiger partial charge < -0.3 is 5.73 Å². The lowest BCUT2D eigenvalue weighted by Crippen LogP contribution is -2.10. The number of rotatable bonds is 10. The topological polar surface area (TPSA) is 51.3 Å². The van der Waals surface area contributed by atoms with E-state index in [0.29, 0.717) is 18.3 Å². The van der Waals surface area contributed by atoms with Crippen molar-refractivity contribution in [2.75, 3.05) is 0 Å². The lowest BCUT2D eigenvalue weighted by Gasteiger charge is -2.24. The summed E-state index contributed by atoms with van der Waals surface area (Å²) in [6, 6.07) is 13.6. The third kappa shape index (κ3) is 8.55. The van der Waals surface area contributed by atoms with Gasteiger partial charge in [0.2, 0.25) is 0 Å². The number of aromatic nitrogens is 1. The van der Waals surface area contributed by atoms with Gasteiger partial charge in [0, 0.05) is 35.7 Å². The second-order valence-corrected chi connectivity index (χ2v) is 14.0. The van der Waals surface area contributed by atoms with Crippen molar-refractivity contribution in [2.45, 2.75) is 76.0 Å². The summed E-state index contributed by atoms with van der Waals surface area (Å²) >= 11 is 0. The standard InChI is InChI=1S/C48H49N3/c1-35(37-15-9-4-10-16-37)50-34-44(47(49)42-19-7-2-3-8-20-42)33-36-23-25-38(26-24-36)39-27-29-40(30-28-39)45-31-32-46(41-17-11-5-12-18-41)51-48(45)43-21-13-6-14-22-43/h2-3,6-7,9,11,13,15-20,23-27,29-32,34,39,43H,1,4-5,8,10,12,14,21-22,28,33,49H2/b47-44-,50-34?. The Kier molecular flexibility index (Phi) is 11.1. The SMILES string of the molecule is C=C(N=C/C(Cc1ccc(C2C=CC(c3ccc(C4=CCCC=C4)nc3C3CC=CCC3)=CC2)cc1)=C(\N)C1=CCC=CC=C1)C1=CCCC=C1. The van der Waals surface area contributed by atoms with Gasteiger partial charge in [-0.15, -0.1) is 0 Å². The first-order valence-corrected chi connectivity index (χ1v) is 18.8. The average molecular weight is 668 g/mol. The Morgan fingerprint density at radius 3 is 2.37 bits per heavy atom. The third-order valence-corrected chi connectivity index (χ3v) is 10.4. The number of nitrogens with zero attached hydrogens (tertiary/aromatic N) is 2. The lowest BCUT2D eigenvalue weighted by molar-refractivity contribution is 0.599. The molecule has 3 heteroatoms. The predicted molar refractivity (Wildman–Crippen MR) is 217 cm³/mol. The van der Waals surface area contributed by atoms with E-state index < -0.39 is 0 Å². The molecule has 0 fully saturated rings. The van der Waals surface area contributed by atoms with Gasteiger partial charge in [-0.2, -0.15) is 0 Å². The quantitative estimate of drug-likeness (QED) is 0.202. The molecule has 0 saturated heterocycles. The normalized spacial score (nSPS) is 21.9. The van der Waals surface area contributed by atoms with E-state index in [9.17, 15) is 0 Å². The molecule has 256 valence electrons. The van der Waals surface area contributed by atoms with Crippen molar-refractivity contribution in [3.63, 3.8) is 0 Å². The van der Waals surface area contributed by atoms with Crippen LogP contribution in [0.5, 0.6) is 0 Å². The van der Waals surface area contributed by atoms with E-state index in [4.69, 9.17) is 15.7 Å². The van der Waals surface area contributed by atoms with Gasteiger partial charge in [-0.3, -0.25) is 9.98 Å². The van der Waals surface area contributed by atoms with E-state index >= 15 is 0 Å². The zero-order valence-corrected chi connectivity index (χ0v) is 29.7. The molecular weight excluding hydrogens is 619 g/mol. The van der Waals surface area contributed by atoms with Gasteiger partial charge in [0.1, 0.15) is 0 Å². The minimum atomic E-state index is 0.337. The van der Waals surface area contributed by atoms with Crippen LogP contribution < -0.4 is 5.73 Å². The highest BCUT2D eigenvalue weighted by atomic mass is 14.7. The fourth-order valence-corrected chi connectivity index (χ4v) is 7.44. The first kappa shape index (κ1) is 34.2. The van der Waals surface area contributed by atoms with Gasteiger partial charge in [0.15, 0.2) is 0 Å². The molecule has 3 nitrogen and oxygen atoms in total. The molecule has 5 aliphatic carbocycles. The maximum atomic E-state index is 6.84. The molecule has 1 heterocycles. The molecule has 1 aromatic heterocycles. The fraction of sp³-hybridized carbons (Fsp3) is 0.250. The van der Waals surface area contributed by atoms with E-state index in [0.717, 1.165) is 91.6 Å². The van der Waals surface area contributed by atoms with Crippen molar-refractivity contribution < 1.29 is 0 Å². The van der Waals surface area contributed by atoms with E-state index in [1.165, 1.54) is 33.5 Å². The van der Waals surface area contributed by atoms with Crippen LogP contribution >= 0.6 is 0 Å². The van der Waals surface area contributed by atoms with Crippen LogP contribution in [0.1, 0.15) is 97.7 Å². The molecule has 5 aliphatic rings. The Morgan fingerprint density at radius 1 is 0.765 bits per heavy atom. The molecule has 2 unspecified atom stereocenters. The number of aliphatic imine (C=N–C) groups is 1. The van der Waals surface area contributed by atoms with E-state index in [1.807, 2.05) is 6.21 Å². The second kappa shape index (κ2) is 16.6. The number of nitrogens with two attached hydrogens (primary N) is 1. The molecule has 0 aliphatic heterocycles. The van der Waals surface area contributed by atoms with Crippen molar-refractivity contribution >= 4 is 17.4 Å². The molecule has 2 N–H and O–H groups in total. The summed E-state index contributed by atoms with van der Waals surface area (Å²) in [5.74, 6) is 0.797. The van der Waals surface area contributed by atoms with Crippen LogP contribution in [-0.4, -0.2) is 11.2 Å². The molecule has 0 saturated carbocycles. The van der Waals surface area contributed by atoms with Crippen molar-refractivity contribution in [1.82, 2.24) is 4.98 Å². The summed E-state index contributed by atoms with van der Waals surface area (Å²) in [4.78, 5) is 10.1. The summed E-state index contributed by atoms with van der Waals surface area (Å²) in [7, 11) is 0. The second-order valence-electron chi connectivity index (χ2n) is 14.0. The van der Waals surface area contributed by atoms with Crippen LogP contribution in [-0.2, 0) is 6.42 Å². The average Bonchev–Trinajstić information content (AvgIpc) is 3.50. The van der Waals surface area contributed by atoms with E-state index in [-0.39, 0.29) is 0 Å². The minimum absolute atomic E-state index is 0.337. The third-order valence-electron chi connectivity index (χ3n) is 10.4. The van der Waals surface area contributed by atoms with Gasteiger partial charge in [-0.25, -0.2) is 0 Å². The number of allylic oxidation sites excluding steroid dienone is 19. The maximum Gasteiger partial charge on any atom is 0.0702 e. The molecular formula is C48H49N3. The predicted octanol–water partition coefficient (Wildman–Crippen LogP) is 11.8. The van der Waals surface area contributed by atoms with Crippen molar-refractivity contribution in [3.8, 4) is 0 Å². The zero-order chi connectivity index (χ0) is 34.8. The van der Waals surface area contributed by atoms with Crippen LogP contribution in [0.4, 0.5) is 0 Å². The van der Waals surface area contributed by atoms with Crippen molar-refractivity contribution in [3.05, 3.63) is 196 Å². The molecule has 2 aromatic rings. The lowest BCUT2D eigenvalue weighted by atomic mass is 9.83. The van der Waals surface area contributed by atoms with Gasteiger partial charge in [0.05, 0.1) is 17.1 Å². The molecule has 7 rings (SSSR count). The molecule has 0 amide bonds. The Morgan fingerprint density at radius 2 is 1.63 bits per heavy atom. The molecule has 0 bridgehead atoms. The smallest absolute Gasteiger partial charge is 0.0702 e. The minimum Gasteiger partial charge on any atom is -0.398 e. The largest absolute Gasteiger partial charge is 0.398 e. The maximum absolute atomic E-state index is 6.84. The molecule has 0 radical (unpaired) electrons. The molecule has 51 heavy (non-hydrogen) atoms. The summed E-state index contributed by atoms with van der Waals surface area (Å²) in [5.41, 5.74) is 20.2. The summed E-state index contributed by atoms with van der Waals surface area (Å²) in [6.07, 6.45) is 47.7. The van der Waals surface area contributed by atoms with E-state index in [2.05, 4.69) is 140 Å². The monoisotopic (exact) mass is 667 g/mol. The number of benzene rings is 1. The van der Waals surface area contributed by atoms with Gasteiger partial charge in [-0.1, -0.05) is 134 Å². The van der Waals surface area contributed by atoms with Gasteiger partial charge in [-0.05, 0) is 103 Å². The molecule has 2 atom stereocenters. The summed E-state index contributed by atoms with van der Waals surface area (Å²) in [6.45, 7) is 4.24. The Bertz CT molecular complexity index is 2010. The Labute approximate surface area is 304 Å². The zero-order valence-electron chi connectivity index (χ0n) is 29.7. The van der Waals surface area contributed by atoms with Crippen molar-refractivity contribution in [2.24, 2.45) is 10.7 Å². The van der Waals surface area contributed by atoms with Crippen LogP contribution in [0.3, 0.4) is 0 Å². The van der Waals surface area contributed by atoms with Crippen LogP contribution in [0.25, 0.3) is 11.1 Å². The highest BCUT2D eigenvalue weighted by Gasteiger charge is 2.22. The first-order chi connectivity index (χ1) is 25.1. The Balaban J connectivity index is 1.08. The molecule has 1 aromatic carbocycles. The van der Waals surface area contributed by atoms with Crippen molar-refractivity contribution in [1.29, 1.82) is 0 Å². The number of hydrogen-bond acceptors (Lipinski definition) is 3. The highest BCUT2D eigenvalue weighted by molar-refractivity contribution is 5.83. The highest BCUT2D eigenvalue weighted by Crippen LogP contribution is 2.38. The number of pyridine rings is 1. The van der Waals surface area contributed by atoms with Gasteiger partial charge in [0.25, 0.3) is 0 Å². The summed E-state index contributed by atoms with van der Waals surface area (Å²) in [5, 5.41) is 0. The number of hydrogen-bond donors (Lipinski definition) is 1. The molecule has 0 spiro atoms. The van der Waals surface area contributed by atoms with Crippen LogP contribution in [0.2, 0.25) is 0 Å². The van der Waals surface area contributed by atoms with Gasteiger partial charge >= 0.3 is 0 Å². The fourth-order valence-electron chi connectivity index (χ4n) is 7.44. The first-order valence-electron chi connectivity index (χ1n) is 18.8. The summed E-state index contributed by atoms with van der Waals surface area (Å²) < 4.78 is 0. The van der Waals surface area contributed by atoms with E-state index in [1.54, 1.807) is 0 Å². The van der Waals surface area contributed by atoms with Crippen LogP contribution in [0.15, 0.2) is 173 Å². The Hall–Kier alpha value is -5.28. The van der Waals surface area contributed by atoms with Crippen LogP contribution in [0, 0.1) is 0 Å².